The highest BCUT2D eigenvalue weighted by atomic mass is 14.0. The zero-order chi connectivity index (χ0) is 9.23. The van der Waals surface area contributed by atoms with E-state index in [1.807, 2.05) is 0 Å². The van der Waals surface area contributed by atoms with E-state index in [1.54, 1.807) is 0 Å². The number of unbranched alkanes of at least 4 members (excludes halogenated alkanes) is 6. The van der Waals surface area contributed by atoms with Crippen LogP contribution in [0.1, 0.15) is 58.3 Å². The van der Waals surface area contributed by atoms with Crippen molar-refractivity contribution in [3.8, 4) is 0 Å². The summed E-state index contributed by atoms with van der Waals surface area (Å²) in [7, 11) is 0. The lowest BCUT2D eigenvalue weighted by Gasteiger charge is -2.03. The Morgan fingerprint density at radius 1 is 0.833 bits per heavy atom. The van der Waals surface area contributed by atoms with Crippen LogP contribution in [0.4, 0.5) is 0 Å². The van der Waals surface area contributed by atoms with Gasteiger partial charge >= 0.3 is 0 Å². The molecule has 2 radical (unpaired) electrons. The monoisotopic (exact) mass is 168 g/mol. The summed E-state index contributed by atoms with van der Waals surface area (Å²) in [5.41, 5.74) is 0. The normalized spacial score (nSPS) is 11.0. The first-order chi connectivity index (χ1) is 5.77. The molecule has 0 nitrogen and oxygen atoms in total. The average molecular weight is 168 g/mol. The Labute approximate surface area is 78.8 Å². The predicted octanol–water partition coefficient (Wildman–Crippen LogP) is 4.41. The Kier molecular flexibility index (Phi) is 9.09. The summed E-state index contributed by atoms with van der Waals surface area (Å²) >= 11 is 0. The molecule has 0 spiro atoms. The van der Waals surface area contributed by atoms with Gasteiger partial charge in [0, 0.05) is 0 Å². The minimum Gasteiger partial charge on any atom is -0.0654 e. The maximum absolute atomic E-state index is 3.87. The van der Waals surface area contributed by atoms with Gasteiger partial charge in [-0.3, -0.25) is 0 Å². The quantitative estimate of drug-likeness (QED) is 0.471. The zero-order valence-corrected chi connectivity index (χ0v) is 8.65. The summed E-state index contributed by atoms with van der Waals surface area (Å²) in [6.07, 6.45) is 10.9. The Hall–Kier alpha value is 0. The Morgan fingerprint density at radius 2 is 1.33 bits per heavy atom. The fourth-order valence-corrected chi connectivity index (χ4v) is 1.39. The second-order valence-corrected chi connectivity index (χ2v) is 3.78. The molecule has 0 heteroatoms. The summed E-state index contributed by atoms with van der Waals surface area (Å²) in [6, 6.07) is 0. The molecule has 0 rings (SSSR count). The number of rotatable bonds is 8. The van der Waals surface area contributed by atoms with Crippen molar-refractivity contribution in [2.75, 3.05) is 0 Å². The van der Waals surface area contributed by atoms with Crippen molar-refractivity contribution in [3.05, 3.63) is 13.8 Å². The highest BCUT2D eigenvalue weighted by Crippen LogP contribution is 2.11. The highest BCUT2D eigenvalue weighted by molar-refractivity contribution is 4.62. The van der Waals surface area contributed by atoms with Gasteiger partial charge in [0.15, 0.2) is 0 Å². The molecule has 12 heavy (non-hydrogen) atoms. The van der Waals surface area contributed by atoms with Gasteiger partial charge in [-0.1, -0.05) is 72.1 Å². The SMILES string of the molecule is [CH2]C([CH2])CCCCCCCCC. The molecule has 0 heterocycles. The van der Waals surface area contributed by atoms with Crippen molar-refractivity contribution in [1.82, 2.24) is 0 Å². The van der Waals surface area contributed by atoms with Crippen molar-refractivity contribution >= 4 is 0 Å². The van der Waals surface area contributed by atoms with Gasteiger partial charge in [0.1, 0.15) is 0 Å². The van der Waals surface area contributed by atoms with Crippen LogP contribution in [0.2, 0.25) is 0 Å². The van der Waals surface area contributed by atoms with Crippen molar-refractivity contribution in [2.45, 2.75) is 58.3 Å². The second kappa shape index (κ2) is 9.09. The van der Waals surface area contributed by atoms with E-state index in [2.05, 4.69) is 20.8 Å². The molecule has 0 aliphatic heterocycles. The minimum atomic E-state index is 0.403. The Morgan fingerprint density at radius 3 is 1.83 bits per heavy atom. The standard InChI is InChI=1S/C12H24/c1-4-5-6-7-8-9-10-11-12(2)3/h12H,2-11H2,1H3. The van der Waals surface area contributed by atoms with Crippen molar-refractivity contribution < 1.29 is 0 Å². The lowest BCUT2D eigenvalue weighted by atomic mass is 10.0. The van der Waals surface area contributed by atoms with Crippen LogP contribution in [-0.4, -0.2) is 0 Å². The fraction of sp³-hybridized carbons (Fsp3) is 0.833. The summed E-state index contributed by atoms with van der Waals surface area (Å²) in [5, 5.41) is 0. The third kappa shape index (κ3) is 10.0. The summed E-state index contributed by atoms with van der Waals surface area (Å²) in [6.45, 7) is 10.0. The van der Waals surface area contributed by atoms with Gasteiger partial charge in [0.05, 0.1) is 0 Å². The van der Waals surface area contributed by atoms with Crippen LogP contribution in [0, 0.1) is 19.8 Å². The van der Waals surface area contributed by atoms with Crippen LogP contribution >= 0.6 is 0 Å². The van der Waals surface area contributed by atoms with E-state index in [0.717, 1.165) is 0 Å². The lowest BCUT2D eigenvalue weighted by molar-refractivity contribution is 0.553. The van der Waals surface area contributed by atoms with E-state index >= 15 is 0 Å². The van der Waals surface area contributed by atoms with Gasteiger partial charge in [-0.2, -0.15) is 0 Å². The molecule has 0 bridgehead atoms. The van der Waals surface area contributed by atoms with Crippen molar-refractivity contribution in [2.24, 2.45) is 5.92 Å². The van der Waals surface area contributed by atoms with Crippen LogP contribution in [0.5, 0.6) is 0 Å². The van der Waals surface area contributed by atoms with Crippen molar-refractivity contribution in [1.29, 1.82) is 0 Å². The van der Waals surface area contributed by atoms with Crippen LogP contribution < -0.4 is 0 Å². The minimum absolute atomic E-state index is 0.403. The third-order valence-corrected chi connectivity index (χ3v) is 2.22. The molecule has 0 N–H and O–H groups in total. The van der Waals surface area contributed by atoms with Crippen LogP contribution in [0.25, 0.3) is 0 Å². The molecule has 0 saturated carbocycles. The van der Waals surface area contributed by atoms with Gasteiger partial charge in [-0.15, -0.1) is 0 Å². The van der Waals surface area contributed by atoms with E-state index in [9.17, 15) is 0 Å². The van der Waals surface area contributed by atoms with E-state index < -0.39 is 0 Å². The molecular formula is C12H24. The van der Waals surface area contributed by atoms with Gasteiger partial charge in [0.25, 0.3) is 0 Å². The second-order valence-electron chi connectivity index (χ2n) is 3.78. The van der Waals surface area contributed by atoms with Crippen LogP contribution in [-0.2, 0) is 0 Å². The highest BCUT2D eigenvalue weighted by Gasteiger charge is 1.94. The number of hydrogen-bond donors (Lipinski definition) is 0. The van der Waals surface area contributed by atoms with Crippen molar-refractivity contribution in [3.63, 3.8) is 0 Å². The summed E-state index contributed by atoms with van der Waals surface area (Å²) in [4.78, 5) is 0. The molecule has 0 aromatic rings. The zero-order valence-electron chi connectivity index (χ0n) is 8.65. The predicted molar refractivity (Wildman–Crippen MR) is 56.8 cm³/mol. The van der Waals surface area contributed by atoms with Crippen LogP contribution in [0.3, 0.4) is 0 Å². The lowest BCUT2D eigenvalue weighted by Crippen LogP contribution is -1.87. The molecule has 0 aromatic heterocycles. The summed E-state index contributed by atoms with van der Waals surface area (Å²) < 4.78 is 0. The number of hydrogen-bond acceptors (Lipinski definition) is 0. The summed E-state index contributed by atoms with van der Waals surface area (Å²) in [5.74, 6) is 0.403. The van der Waals surface area contributed by atoms with Gasteiger partial charge in [-0.05, 0) is 5.92 Å². The smallest absolute Gasteiger partial charge is 0.0414 e. The first-order valence-electron chi connectivity index (χ1n) is 5.43. The molecule has 0 unspecified atom stereocenters. The maximum Gasteiger partial charge on any atom is -0.0414 e. The maximum atomic E-state index is 3.87. The Balaban J connectivity index is 2.82. The van der Waals surface area contributed by atoms with E-state index in [1.165, 1.54) is 51.4 Å². The molecular weight excluding hydrogens is 144 g/mol. The fourth-order valence-electron chi connectivity index (χ4n) is 1.39. The average Bonchev–Trinajstić information content (AvgIpc) is 2.02. The van der Waals surface area contributed by atoms with E-state index in [0.29, 0.717) is 5.92 Å². The molecule has 0 amide bonds. The van der Waals surface area contributed by atoms with Gasteiger partial charge in [-0.25, -0.2) is 0 Å². The molecule has 0 fully saturated rings. The Bertz CT molecular complexity index is 74.1. The molecule has 0 atom stereocenters. The first-order valence-corrected chi connectivity index (χ1v) is 5.43. The molecule has 0 saturated heterocycles. The molecule has 0 aromatic carbocycles. The first kappa shape index (κ1) is 12.0. The third-order valence-electron chi connectivity index (χ3n) is 2.22. The largest absolute Gasteiger partial charge is 0.0654 e. The van der Waals surface area contributed by atoms with Gasteiger partial charge in [0.2, 0.25) is 0 Å². The van der Waals surface area contributed by atoms with Gasteiger partial charge < -0.3 is 0 Å². The van der Waals surface area contributed by atoms with Crippen LogP contribution in [0.15, 0.2) is 0 Å². The molecule has 72 valence electrons. The van der Waals surface area contributed by atoms with E-state index in [4.69, 9.17) is 0 Å². The van der Waals surface area contributed by atoms with E-state index in [-0.39, 0.29) is 0 Å². The molecule has 0 aliphatic carbocycles. The topological polar surface area (TPSA) is 0 Å². The molecule has 0 aliphatic rings.